The molecule has 1 atom stereocenters. The molecule has 0 aliphatic carbocycles. The fourth-order valence-corrected chi connectivity index (χ4v) is 1.66. The fourth-order valence-electron chi connectivity index (χ4n) is 1.66. The monoisotopic (exact) mass is 191 g/mol. The van der Waals surface area contributed by atoms with Crippen molar-refractivity contribution in [3.63, 3.8) is 0 Å². The van der Waals surface area contributed by atoms with Crippen LogP contribution in [0, 0.1) is 13.8 Å². The van der Waals surface area contributed by atoms with Crippen molar-refractivity contribution in [2.75, 3.05) is 5.32 Å². The normalized spacial score (nSPS) is 12.6. The van der Waals surface area contributed by atoms with Gasteiger partial charge >= 0.3 is 0 Å². The Morgan fingerprint density at radius 3 is 2.64 bits per heavy atom. The number of nitrogens with one attached hydrogen (secondary N) is 1. The second kappa shape index (κ2) is 5.04. The van der Waals surface area contributed by atoms with Gasteiger partial charge in [0.05, 0.1) is 0 Å². The van der Waals surface area contributed by atoms with E-state index in [1.807, 2.05) is 0 Å². The molecule has 0 bridgehead atoms. The Morgan fingerprint density at radius 2 is 2.00 bits per heavy atom. The summed E-state index contributed by atoms with van der Waals surface area (Å²) in [4.78, 5) is 0. The van der Waals surface area contributed by atoms with Crippen molar-refractivity contribution < 1.29 is 0 Å². The van der Waals surface area contributed by atoms with Crippen LogP contribution in [0.5, 0.6) is 0 Å². The largest absolute Gasteiger partial charge is 0.382 e. The lowest BCUT2D eigenvalue weighted by Gasteiger charge is -2.16. The molecule has 1 heteroatoms. The van der Waals surface area contributed by atoms with Crippen LogP contribution in [0.3, 0.4) is 0 Å². The molecule has 14 heavy (non-hydrogen) atoms. The Kier molecular flexibility index (Phi) is 3.99. The lowest BCUT2D eigenvalue weighted by atomic mass is 10.1. The van der Waals surface area contributed by atoms with Gasteiger partial charge in [-0.25, -0.2) is 0 Å². The topological polar surface area (TPSA) is 12.0 Å². The first-order chi connectivity index (χ1) is 6.63. The smallest absolute Gasteiger partial charge is 0.0374 e. The van der Waals surface area contributed by atoms with Crippen LogP contribution in [0.25, 0.3) is 0 Å². The molecule has 0 aliphatic rings. The fraction of sp³-hybridized carbons (Fsp3) is 0.538. The molecule has 78 valence electrons. The summed E-state index contributed by atoms with van der Waals surface area (Å²) in [7, 11) is 0. The van der Waals surface area contributed by atoms with E-state index in [9.17, 15) is 0 Å². The summed E-state index contributed by atoms with van der Waals surface area (Å²) >= 11 is 0. The average Bonchev–Trinajstić information content (AvgIpc) is 2.12. The SMILES string of the molecule is CCCC(C)Nc1cc(C)ccc1C. The van der Waals surface area contributed by atoms with E-state index in [0.29, 0.717) is 6.04 Å². The van der Waals surface area contributed by atoms with Gasteiger partial charge in [0.25, 0.3) is 0 Å². The van der Waals surface area contributed by atoms with E-state index in [-0.39, 0.29) is 0 Å². The summed E-state index contributed by atoms with van der Waals surface area (Å²) in [5.74, 6) is 0. The molecular weight excluding hydrogens is 170 g/mol. The molecule has 1 unspecified atom stereocenters. The van der Waals surface area contributed by atoms with Crippen LogP contribution in [-0.2, 0) is 0 Å². The van der Waals surface area contributed by atoms with Crippen LogP contribution in [0.15, 0.2) is 18.2 Å². The lowest BCUT2D eigenvalue weighted by Crippen LogP contribution is -2.15. The van der Waals surface area contributed by atoms with Crippen molar-refractivity contribution in [1.82, 2.24) is 0 Å². The van der Waals surface area contributed by atoms with Gasteiger partial charge in [0.15, 0.2) is 0 Å². The second-order valence-corrected chi connectivity index (χ2v) is 4.15. The molecule has 0 saturated carbocycles. The third-order valence-corrected chi connectivity index (χ3v) is 2.52. The van der Waals surface area contributed by atoms with Crippen LogP contribution in [0.4, 0.5) is 5.69 Å². The summed E-state index contributed by atoms with van der Waals surface area (Å²) in [5, 5.41) is 3.55. The van der Waals surface area contributed by atoms with E-state index in [1.165, 1.54) is 29.7 Å². The quantitative estimate of drug-likeness (QED) is 0.761. The van der Waals surface area contributed by atoms with Crippen molar-refractivity contribution in [1.29, 1.82) is 0 Å². The van der Waals surface area contributed by atoms with Gasteiger partial charge in [0.1, 0.15) is 0 Å². The second-order valence-electron chi connectivity index (χ2n) is 4.15. The van der Waals surface area contributed by atoms with Crippen LogP contribution in [0.1, 0.15) is 37.8 Å². The Hall–Kier alpha value is -0.980. The predicted molar refractivity (Wildman–Crippen MR) is 63.9 cm³/mol. The van der Waals surface area contributed by atoms with Gasteiger partial charge < -0.3 is 5.32 Å². The number of rotatable bonds is 4. The molecule has 1 N–H and O–H groups in total. The predicted octanol–water partition coefficient (Wildman–Crippen LogP) is 3.90. The third kappa shape index (κ3) is 3.06. The maximum Gasteiger partial charge on any atom is 0.0374 e. The highest BCUT2D eigenvalue weighted by atomic mass is 14.9. The zero-order chi connectivity index (χ0) is 10.6. The Morgan fingerprint density at radius 1 is 1.29 bits per heavy atom. The average molecular weight is 191 g/mol. The Labute approximate surface area is 87.5 Å². The molecule has 0 fully saturated rings. The van der Waals surface area contributed by atoms with Gasteiger partial charge in [-0.05, 0) is 44.4 Å². The number of hydrogen-bond acceptors (Lipinski definition) is 1. The highest BCUT2D eigenvalue weighted by Gasteiger charge is 2.02. The minimum Gasteiger partial charge on any atom is -0.382 e. The van der Waals surface area contributed by atoms with Gasteiger partial charge in [-0.15, -0.1) is 0 Å². The maximum absolute atomic E-state index is 3.55. The molecule has 1 rings (SSSR count). The summed E-state index contributed by atoms with van der Waals surface area (Å²) in [6.45, 7) is 8.75. The van der Waals surface area contributed by atoms with Gasteiger partial charge in [-0.3, -0.25) is 0 Å². The molecule has 0 radical (unpaired) electrons. The van der Waals surface area contributed by atoms with E-state index < -0.39 is 0 Å². The summed E-state index contributed by atoms with van der Waals surface area (Å²) in [5.41, 5.74) is 3.94. The highest BCUT2D eigenvalue weighted by molar-refractivity contribution is 5.52. The molecular formula is C13H21N. The zero-order valence-electron chi connectivity index (χ0n) is 9.72. The Balaban J connectivity index is 2.70. The summed E-state index contributed by atoms with van der Waals surface area (Å²) in [6, 6.07) is 7.13. The van der Waals surface area contributed by atoms with Crippen LogP contribution in [0.2, 0.25) is 0 Å². The van der Waals surface area contributed by atoms with Gasteiger partial charge in [0.2, 0.25) is 0 Å². The standard InChI is InChI=1S/C13H21N/c1-5-6-12(4)14-13-9-10(2)7-8-11(13)3/h7-9,12,14H,5-6H2,1-4H3. The highest BCUT2D eigenvalue weighted by Crippen LogP contribution is 2.18. The minimum absolute atomic E-state index is 0.570. The van der Waals surface area contributed by atoms with E-state index in [1.54, 1.807) is 0 Å². The van der Waals surface area contributed by atoms with E-state index in [2.05, 4.69) is 51.2 Å². The van der Waals surface area contributed by atoms with Crippen LogP contribution in [-0.4, -0.2) is 6.04 Å². The molecule has 0 spiro atoms. The van der Waals surface area contributed by atoms with Crippen molar-refractivity contribution in [2.45, 2.75) is 46.6 Å². The molecule has 0 aromatic heterocycles. The van der Waals surface area contributed by atoms with Gasteiger partial charge in [-0.2, -0.15) is 0 Å². The molecule has 1 nitrogen and oxygen atoms in total. The molecule has 0 saturated heterocycles. The molecule has 0 aliphatic heterocycles. The van der Waals surface area contributed by atoms with E-state index in [0.717, 1.165) is 0 Å². The molecule has 0 heterocycles. The molecule has 0 amide bonds. The molecule has 1 aromatic carbocycles. The number of aryl methyl sites for hydroxylation is 2. The number of anilines is 1. The van der Waals surface area contributed by atoms with Crippen molar-refractivity contribution in [3.8, 4) is 0 Å². The first-order valence-electron chi connectivity index (χ1n) is 5.47. The summed E-state index contributed by atoms with van der Waals surface area (Å²) < 4.78 is 0. The van der Waals surface area contributed by atoms with Gasteiger partial charge in [-0.1, -0.05) is 25.5 Å². The molecule has 1 aromatic rings. The minimum atomic E-state index is 0.570. The Bertz CT molecular complexity index is 291. The van der Waals surface area contributed by atoms with Crippen molar-refractivity contribution in [2.24, 2.45) is 0 Å². The van der Waals surface area contributed by atoms with E-state index in [4.69, 9.17) is 0 Å². The van der Waals surface area contributed by atoms with E-state index >= 15 is 0 Å². The van der Waals surface area contributed by atoms with Crippen molar-refractivity contribution in [3.05, 3.63) is 29.3 Å². The first-order valence-corrected chi connectivity index (χ1v) is 5.47. The number of benzene rings is 1. The summed E-state index contributed by atoms with van der Waals surface area (Å²) in [6.07, 6.45) is 2.46. The third-order valence-electron chi connectivity index (χ3n) is 2.52. The number of hydrogen-bond donors (Lipinski definition) is 1. The van der Waals surface area contributed by atoms with Crippen molar-refractivity contribution >= 4 is 5.69 Å². The lowest BCUT2D eigenvalue weighted by molar-refractivity contribution is 0.690. The first kappa shape index (κ1) is 11.1. The van der Waals surface area contributed by atoms with Crippen LogP contribution < -0.4 is 5.32 Å². The zero-order valence-corrected chi connectivity index (χ0v) is 9.72. The van der Waals surface area contributed by atoms with Crippen LogP contribution >= 0.6 is 0 Å². The maximum atomic E-state index is 3.55. The van der Waals surface area contributed by atoms with Gasteiger partial charge in [0, 0.05) is 11.7 Å².